The Balaban J connectivity index is 1.92. The van der Waals surface area contributed by atoms with Crippen LogP contribution in [0, 0.1) is 10.1 Å². The maximum Gasteiger partial charge on any atom is 0.269 e. The molecule has 2 N–H and O–H groups in total. The molecular weight excluding hydrogens is 252 g/mol. The largest absolute Gasteiger partial charge is 0.321 e. The summed E-state index contributed by atoms with van der Waals surface area (Å²) in [6.07, 6.45) is 2.49. The van der Waals surface area contributed by atoms with Crippen LogP contribution < -0.4 is 5.73 Å². The van der Waals surface area contributed by atoms with Crippen molar-refractivity contribution in [1.29, 1.82) is 0 Å². The predicted molar refractivity (Wildman–Crippen MR) is 77.4 cm³/mol. The number of nitrogens with zero attached hydrogens (tertiary/aromatic N) is 1. The van der Waals surface area contributed by atoms with E-state index in [4.69, 9.17) is 5.73 Å². The lowest BCUT2D eigenvalue weighted by molar-refractivity contribution is -0.384. The molecule has 20 heavy (non-hydrogen) atoms. The van der Waals surface area contributed by atoms with Crippen LogP contribution in [-0.2, 0) is 18.4 Å². The van der Waals surface area contributed by atoms with Gasteiger partial charge < -0.3 is 5.73 Å². The van der Waals surface area contributed by atoms with Crippen LogP contribution in [0.25, 0.3) is 0 Å². The molecule has 1 atom stereocenters. The third-order valence-corrected chi connectivity index (χ3v) is 4.04. The van der Waals surface area contributed by atoms with Crippen LogP contribution in [0.3, 0.4) is 0 Å². The lowest BCUT2D eigenvalue weighted by atomic mass is 9.86. The fourth-order valence-corrected chi connectivity index (χ4v) is 3.04. The minimum absolute atomic E-state index is 0.123. The molecule has 0 saturated heterocycles. The van der Waals surface area contributed by atoms with Gasteiger partial charge in [0.1, 0.15) is 0 Å². The Bertz CT molecular complexity index is 669. The molecule has 0 fully saturated rings. The fraction of sp³-hybridized carbons (Fsp3) is 0.250. The molecule has 4 heteroatoms. The second kappa shape index (κ2) is 4.72. The van der Waals surface area contributed by atoms with Gasteiger partial charge in [0.05, 0.1) is 4.92 Å². The zero-order valence-electron chi connectivity index (χ0n) is 11.1. The normalized spacial score (nSPS) is 20.6. The summed E-state index contributed by atoms with van der Waals surface area (Å²) < 4.78 is 0. The molecule has 0 radical (unpaired) electrons. The van der Waals surface area contributed by atoms with Gasteiger partial charge in [-0.15, -0.1) is 0 Å². The van der Waals surface area contributed by atoms with Crippen LogP contribution >= 0.6 is 0 Å². The van der Waals surface area contributed by atoms with Crippen molar-refractivity contribution in [3.63, 3.8) is 0 Å². The van der Waals surface area contributed by atoms with Gasteiger partial charge >= 0.3 is 0 Å². The molecule has 3 rings (SSSR count). The van der Waals surface area contributed by atoms with Crippen LogP contribution in [0.15, 0.2) is 48.5 Å². The summed E-state index contributed by atoms with van der Waals surface area (Å²) in [6.45, 7) is 0. The number of hydrogen-bond acceptors (Lipinski definition) is 3. The second-order valence-corrected chi connectivity index (χ2v) is 5.42. The lowest BCUT2D eigenvalue weighted by Crippen LogP contribution is -2.36. The molecule has 1 aliphatic carbocycles. The molecular formula is C16H16N2O2. The van der Waals surface area contributed by atoms with E-state index in [1.165, 1.54) is 17.2 Å². The van der Waals surface area contributed by atoms with E-state index in [1.54, 1.807) is 12.1 Å². The van der Waals surface area contributed by atoms with Gasteiger partial charge in [0.2, 0.25) is 0 Å². The zero-order valence-corrected chi connectivity index (χ0v) is 11.1. The van der Waals surface area contributed by atoms with Crippen molar-refractivity contribution in [2.45, 2.75) is 24.8 Å². The van der Waals surface area contributed by atoms with Crippen molar-refractivity contribution in [2.24, 2.45) is 5.73 Å². The Labute approximate surface area is 117 Å². The highest BCUT2D eigenvalue weighted by Crippen LogP contribution is 2.37. The standard InChI is InChI=1S/C16H16N2O2/c17-16(9-8-13-5-1-2-7-15(13)16)11-12-4-3-6-14(10-12)18(19)20/h1-7,10H,8-9,11,17H2. The molecule has 0 amide bonds. The number of aryl methyl sites for hydroxylation is 1. The Hall–Kier alpha value is -2.20. The summed E-state index contributed by atoms with van der Waals surface area (Å²) in [7, 11) is 0. The van der Waals surface area contributed by atoms with Gasteiger partial charge in [-0.2, -0.15) is 0 Å². The van der Waals surface area contributed by atoms with Crippen molar-refractivity contribution < 1.29 is 4.92 Å². The topological polar surface area (TPSA) is 69.2 Å². The van der Waals surface area contributed by atoms with Crippen molar-refractivity contribution in [2.75, 3.05) is 0 Å². The molecule has 0 aromatic heterocycles. The summed E-state index contributed by atoms with van der Waals surface area (Å²) in [5.41, 5.74) is 9.65. The molecule has 2 aromatic rings. The first-order valence-electron chi connectivity index (χ1n) is 6.69. The van der Waals surface area contributed by atoms with E-state index < -0.39 is 5.54 Å². The maximum absolute atomic E-state index is 10.8. The molecule has 4 nitrogen and oxygen atoms in total. The van der Waals surface area contributed by atoms with Gasteiger partial charge in [-0.1, -0.05) is 36.4 Å². The minimum atomic E-state index is -0.411. The Kier molecular flexibility index (Phi) is 3.03. The van der Waals surface area contributed by atoms with Crippen molar-refractivity contribution >= 4 is 5.69 Å². The highest BCUT2D eigenvalue weighted by atomic mass is 16.6. The predicted octanol–water partition coefficient (Wildman–Crippen LogP) is 2.94. The van der Waals surface area contributed by atoms with Gasteiger partial charge in [0.15, 0.2) is 0 Å². The van der Waals surface area contributed by atoms with Crippen LogP contribution in [-0.4, -0.2) is 4.92 Å². The van der Waals surface area contributed by atoms with E-state index in [2.05, 4.69) is 12.1 Å². The van der Waals surface area contributed by atoms with E-state index in [0.717, 1.165) is 18.4 Å². The molecule has 0 saturated carbocycles. The van der Waals surface area contributed by atoms with Crippen molar-refractivity contribution in [3.05, 3.63) is 75.3 Å². The van der Waals surface area contributed by atoms with Crippen LogP contribution in [0.1, 0.15) is 23.1 Å². The fourth-order valence-electron chi connectivity index (χ4n) is 3.04. The molecule has 0 spiro atoms. The Morgan fingerprint density at radius 2 is 2.00 bits per heavy atom. The number of fused-ring (bicyclic) bond motifs is 1. The summed E-state index contributed by atoms with van der Waals surface area (Å²) >= 11 is 0. The van der Waals surface area contributed by atoms with E-state index in [0.29, 0.717) is 6.42 Å². The van der Waals surface area contributed by atoms with Gasteiger partial charge in [0.25, 0.3) is 5.69 Å². The lowest BCUT2D eigenvalue weighted by Gasteiger charge is -2.25. The Morgan fingerprint density at radius 1 is 1.20 bits per heavy atom. The average Bonchev–Trinajstić information content (AvgIpc) is 2.77. The number of nitrogens with two attached hydrogens (primary N) is 1. The number of hydrogen-bond donors (Lipinski definition) is 1. The maximum atomic E-state index is 10.8. The molecule has 0 heterocycles. The molecule has 102 valence electrons. The summed E-state index contributed by atoms with van der Waals surface area (Å²) in [5.74, 6) is 0. The summed E-state index contributed by atoms with van der Waals surface area (Å²) in [5, 5.41) is 10.8. The third-order valence-electron chi connectivity index (χ3n) is 4.04. The highest BCUT2D eigenvalue weighted by molar-refractivity contribution is 5.42. The first-order valence-corrected chi connectivity index (χ1v) is 6.69. The third kappa shape index (κ3) is 2.18. The van der Waals surface area contributed by atoms with Crippen LogP contribution in [0.2, 0.25) is 0 Å². The number of non-ortho nitro benzene ring substituents is 1. The summed E-state index contributed by atoms with van der Waals surface area (Å²) in [4.78, 5) is 10.5. The van der Waals surface area contributed by atoms with Gasteiger partial charge in [0, 0.05) is 17.7 Å². The molecule has 0 bridgehead atoms. The molecule has 1 unspecified atom stereocenters. The Morgan fingerprint density at radius 3 is 2.80 bits per heavy atom. The number of nitro benzene ring substituents is 1. The quantitative estimate of drug-likeness (QED) is 0.687. The number of nitro groups is 1. The zero-order chi connectivity index (χ0) is 14.2. The van der Waals surface area contributed by atoms with E-state index >= 15 is 0 Å². The SMILES string of the molecule is NC1(Cc2cccc([N+](=O)[O-])c2)CCc2ccccc21. The molecule has 2 aromatic carbocycles. The number of benzene rings is 2. The van der Waals surface area contributed by atoms with E-state index in [-0.39, 0.29) is 10.6 Å². The monoisotopic (exact) mass is 268 g/mol. The van der Waals surface area contributed by atoms with Gasteiger partial charge in [-0.3, -0.25) is 10.1 Å². The van der Waals surface area contributed by atoms with Crippen molar-refractivity contribution in [3.8, 4) is 0 Å². The molecule has 0 aliphatic heterocycles. The first-order chi connectivity index (χ1) is 9.58. The van der Waals surface area contributed by atoms with Crippen molar-refractivity contribution in [1.82, 2.24) is 0 Å². The highest BCUT2D eigenvalue weighted by Gasteiger charge is 2.34. The van der Waals surface area contributed by atoms with Gasteiger partial charge in [-0.25, -0.2) is 0 Å². The van der Waals surface area contributed by atoms with Gasteiger partial charge in [-0.05, 0) is 36.0 Å². The van der Waals surface area contributed by atoms with E-state index in [9.17, 15) is 10.1 Å². The summed E-state index contributed by atoms with van der Waals surface area (Å²) in [6, 6.07) is 15.0. The van der Waals surface area contributed by atoms with E-state index in [1.807, 2.05) is 18.2 Å². The van der Waals surface area contributed by atoms with Crippen LogP contribution in [0.5, 0.6) is 0 Å². The van der Waals surface area contributed by atoms with Crippen LogP contribution in [0.4, 0.5) is 5.69 Å². The smallest absolute Gasteiger partial charge is 0.269 e. The average molecular weight is 268 g/mol. The first kappa shape index (κ1) is 12.8. The minimum Gasteiger partial charge on any atom is -0.321 e. The second-order valence-electron chi connectivity index (χ2n) is 5.42. The number of rotatable bonds is 3. The molecule has 1 aliphatic rings.